The molecule has 2 aliphatic rings. The molecule has 2 atom stereocenters. The number of rotatable bonds is 6. The minimum Gasteiger partial charge on any atom is -0.489 e. The second-order valence-electron chi connectivity index (χ2n) is 8.00. The zero-order valence-corrected chi connectivity index (χ0v) is 18.2. The fraction of sp³-hybridized carbons (Fsp3) is 0.500. The highest BCUT2D eigenvalue weighted by Crippen LogP contribution is 2.30. The zero-order chi connectivity index (χ0) is 21.1. The van der Waals surface area contributed by atoms with Crippen molar-refractivity contribution in [3.63, 3.8) is 0 Å². The molecule has 0 aliphatic carbocycles. The summed E-state index contributed by atoms with van der Waals surface area (Å²) in [4.78, 5) is 24.8. The molecule has 30 heavy (non-hydrogen) atoms. The fourth-order valence-corrected chi connectivity index (χ4v) is 4.28. The average molecular weight is 430 g/mol. The topological polar surface area (TPSA) is 70.6 Å². The van der Waals surface area contributed by atoms with Crippen LogP contribution in [-0.4, -0.2) is 48.2 Å². The van der Waals surface area contributed by atoms with Gasteiger partial charge in [-0.15, -0.1) is 0 Å². The molecule has 4 rings (SSSR count). The normalized spacial score (nSPS) is 19.8. The average Bonchev–Trinajstić information content (AvgIpc) is 3.41. The Morgan fingerprint density at radius 2 is 1.93 bits per heavy atom. The van der Waals surface area contributed by atoms with Crippen LogP contribution >= 0.6 is 11.6 Å². The first kappa shape index (κ1) is 20.7. The molecule has 0 unspecified atom stereocenters. The summed E-state index contributed by atoms with van der Waals surface area (Å²) in [7, 11) is 0. The summed E-state index contributed by atoms with van der Waals surface area (Å²) in [5, 5.41) is 3.47. The molecule has 8 heteroatoms. The van der Waals surface area contributed by atoms with E-state index in [1.807, 2.05) is 31.2 Å². The Morgan fingerprint density at radius 3 is 2.63 bits per heavy atom. The van der Waals surface area contributed by atoms with Gasteiger partial charge in [0.15, 0.2) is 5.82 Å². The Labute approximate surface area is 182 Å². The number of anilines is 2. The van der Waals surface area contributed by atoms with Crippen LogP contribution in [0.1, 0.15) is 44.7 Å². The number of hydrogen-bond acceptors (Lipinski definition) is 6. The first-order valence-electron chi connectivity index (χ1n) is 10.6. The highest BCUT2D eigenvalue weighted by Gasteiger charge is 2.28. The Balaban J connectivity index is 1.38. The van der Waals surface area contributed by atoms with Gasteiger partial charge in [-0.3, -0.25) is 4.79 Å². The van der Waals surface area contributed by atoms with Crippen molar-refractivity contribution < 1.29 is 9.53 Å². The highest BCUT2D eigenvalue weighted by molar-refractivity contribution is 6.32. The lowest BCUT2D eigenvalue weighted by Crippen LogP contribution is -2.27. The quantitative estimate of drug-likeness (QED) is 0.756. The molecule has 3 heterocycles. The van der Waals surface area contributed by atoms with E-state index in [4.69, 9.17) is 21.3 Å². The maximum Gasteiger partial charge on any atom is 0.227 e. The molecule has 1 aromatic carbocycles. The Morgan fingerprint density at radius 1 is 1.20 bits per heavy atom. The predicted octanol–water partition coefficient (Wildman–Crippen LogP) is 3.59. The van der Waals surface area contributed by atoms with Gasteiger partial charge in [0.1, 0.15) is 16.9 Å². The molecular formula is C22H28ClN5O2. The molecule has 0 radical (unpaired) electrons. The predicted molar refractivity (Wildman–Crippen MR) is 118 cm³/mol. The molecule has 1 N–H and O–H groups in total. The van der Waals surface area contributed by atoms with Gasteiger partial charge in [-0.2, -0.15) is 4.98 Å². The van der Waals surface area contributed by atoms with E-state index in [-0.39, 0.29) is 18.1 Å². The monoisotopic (exact) mass is 429 g/mol. The first-order valence-corrected chi connectivity index (χ1v) is 10.9. The molecular weight excluding hydrogens is 402 g/mol. The Kier molecular flexibility index (Phi) is 6.27. The summed E-state index contributed by atoms with van der Waals surface area (Å²) in [6, 6.07) is 7.88. The Bertz CT molecular complexity index is 886. The van der Waals surface area contributed by atoms with E-state index >= 15 is 0 Å². The number of benzene rings is 1. The summed E-state index contributed by atoms with van der Waals surface area (Å²) in [6.07, 6.45) is 5.06. The third-order valence-electron chi connectivity index (χ3n) is 5.65. The highest BCUT2D eigenvalue weighted by atomic mass is 35.5. The lowest BCUT2D eigenvalue weighted by atomic mass is 10.1. The smallest absolute Gasteiger partial charge is 0.227 e. The van der Waals surface area contributed by atoms with Crippen molar-refractivity contribution >= 4 is 29.3 Å². The molecule has 0 spiro atoms. The number of aromatic nitrogens is 2. The van der Waals surface area contributed by atoms with Crippen LogP contribution in [0.3, 0.4) is 0 Å². The van der Waals surface area contributed by atoms with Crippen molar-refractivity contribution in [2.75, 3.05) is 36.0 Å². The minimum absolute atomic E-state index is 0.0248. The van der Waals surface area contributed by atoms with E-state index in [0.29, 0.717) is 5.02 Å². The van der Waals surface area contributed by atoms with Crippen molar-refractivity contribution in [1.82, 2.24) is 15.3 Å². The standard InChI is InChI=1S/C22H28ClN5O2/c1-15(25-16(2)29)17-5-7-18(8-6-17)30-19-9-12-28(14-19)21-20(23)13-24-22(26-21)27-10-3-4-11-27/h5-8,13,15,19H,3-4,9-12,14H2,1-2H3,(H,25,29)/t15-,19+/m0/s1. The van der Waals surface area contributed by atoms with Crippen molar-refractivity contribution in [3.8, 4) is 5.75 Å². The van der Waals surface area contributed by atoms with Crippen LogP contribution in [0.2, 0.25) is 5.02 Å². The number of carbonyl (C=O) groups excluding carboxylic acids is 1. The summed E-state index contributed by atoms with van der Waals surface area (Å²) in [5.41, 5.74) is 1.05. The van der Waals surface area contributed by atoms with Gasteiger partial charge in [0.25, 0.3) is 0 Å². The van der Waals surface area contributed by atoms with Gasteiger partial charge < -0.3 is 19.9 Å². The van der Waals surface area contributed by atoms with E-state index in [0.717, 1.165) is 55.7 Å². The van der Waals surface area contributed by atoms with Crippen LogP contribution < -0.4 is 19.9 Å². The molecule has 7 nitrogen and oxygen atoms in total. The van der Waals surface area contributed by atoms with Crippen molar-refractivity contribution in [2.24, 2.45) is 0 Å². The number of carbonyl (C=O) groups is 1. The SMILES string of the molecule is CC(=O)N[C@@H](C)c1ccc(O[C@@H]2CCN(c3nc(N4CCCC4)ncc3Cl)C2)cc1. The largest absolute Gasteiger partial charge is 0.489 e. The van der Waals surface area contributed by atoms with Crippen LogP contribution in [0.25, 0.3) is 0 Å². The van der Waals surface area contributed by atoms with Gasteiger partial charge in [-0.25, -0.2) is 4.98 Å². The number of nitrogens with zero attached hydrogens (tertiary/aromatic N) is 4. The maximum absolute atomic E-state index is 11.2. The summed E-state index contributed by atoms with van der Waals surface area (Å²) in [6.45, 7) is 7.08. The van der Waals surface area contributed by atoms with Gasteiger partial charge in [-0.05, 0) is 37.5 Å². The molecule has 2 fully saturated rings. The molecule has 2 aromatic rings. The van der Waals surface area contributed by atoms with Gasteiger partial charge in [0.2, 0.25) is 11.9 Å². The molecule has 1 aromatic heterocycles. The summed E-state index contributed by atoms with van der Waals surface area (Å²) < 4.78 is 6.19. The van der Waals surface area contributed by atoms with Crippen molar-refractivity contribution in [3.05, 3.63) is 41.0 Å². The van der Waals surface area contributed by atoms with Crippen LogP contribution in [0.5, 0.6) is 5.75 Å². The summed E-state index contributed by atoms with van der Waals surface area (Å²) >= 11 is 6.42. The van der Waals surface area contributed by atoms with Crippen molar-refractivity contribution in [2.45, 2.75) is 45.3 Å². The van der Waals surface area contributed by atoms with Gasteiger partial charge >= 0.3 is 0 Å². The van der Waals surface area contributed by atoms with E-state index in [1.54, 1.807) is 6.20 Å². The van der Waals surface area contributed by atoms with Crippen LogP contribution in [0, 0.1) is 0 Å². The van der Waals surface area contributed by atoms with Crippen LogP contribution in [-0.2, 0) is 4.79 Å². The van der Waals surface area contributed by atoms with Gasteiger partial charge in [-0.1, -0.05) is 23.7 Å². The van der Waals surface area contributed by atoms with E-state index < -0.39 is 0 Å². The molecule has 2 saturated heterocycles. The Hall–Kier alpha value is -2.54. The van der Waals surface area contributed by atoms with E-state index in [9.17, 15) is 4.79 Å². The molecule has 160 valence electrons. The lowest BCUT2D eigenvalue weighted by molar-refractivity contribution is -0.119. The second kappa shape index (κ2) is 9.08. The number of halogens is 1. The molecule has 0 bridgehead atoms. The van der Waals surface area contributed by atoms with E-state index in [2.05, 4.69) is 20.1 Å². The number of ether oxygens (including phenoxy) is 1. The first-order chi connectivity index (χ1) is 14.5. The summed E-state index contributed by atoms with van der Waals surface area (Å²) in [5.74, 6) is 2.34. The molecule has 1 amide bonds. The van der Waals surface area contributed by atoms with Gasteiger partial charge in [0, 0.05) is 33.0 Å². The van der Waals surface area contributed by atoms with E-state index in [1.165, 1.54) is 19.8 Å². The molecule has 0 saturated carbocycles. The van der Waals surface area contributed by atoms with Crippen molar-refractivity contribution in [1.29, 1.82) is 0 Å². The fourth-order valence-electron chi connectivity index (χ4n) is 4.07. The van der Waals surface area contributed by atoms with Gasteiger partial charge in [0.05, 0.1) is 18.8 Å². The third-order valence-corrected chi connectivity index (χ3v) is 5.92. The minimum atomic E-state index is -0.0369. The third kappa shape index (κ3) is 4.78. The van der Waals surface area contributed by atoms with Crippen LogP contribution in [0.15, 0.2) is 30.5 Å². The number of nitrogens with one attached hydrogen (secondary N) is 1. The number of hydrogen-bond donors (Lipinski definition) is 1. The second-order valence-corrected chi connectivity index (χ2v) is 8.41. The zero-order valence-electron chi connectivity index (χ0n) is 17.5. The maximum atomic E-state index is 11.2. The number of amides is 1. The van der Waals surface area contributed by atoms with Crippen LogP contribution in [0.4, 0.5) is 11.8 Å². The lowest BCUT2D eigenvalue weighted by Gasteiger charge is -2.22. The molecule has 2 aliphatic heterocycles.